The summed E-state index contributed by atoms with van der Waals surface area (Å²) in [6.07, 6.45) is -1.49. The largest absolute Gasteiger partial charge is 0.416 e. The number of halogens is 3. The lowest BCUT2D eigenvalue weighted by Crippen LogP contribution is -2.34. The summed E-state index contributed by atoms with van der Waals surface area (Å²) in [5.41, 5.74) is -0.830. The number of nitrogens with zero attached hydrogens (tertiary/aromatic N) is 2. The van der Waals surface area contributed by atoms with Crippen molar-refractivity contribution in [3.63, 3.8) is 0 Å². The SMILES string of the molecule is Cc1c(-c2cc(C3CC3)no2)cc(C(=O)NCCCS(C)(=O)=O)c(=O)n1-c1cccc(C(F)(F)F)c1. The number of hydrogen-bond acceptors (Lipinski definition) is 6. The van der Waals surface area contributed by atoms with Crippen LogP contribution < -0.4 is 10.9 Å². The van der Waals surface area contributed by atoms with Crippen LogP contribution in [0.3, 0.4) is 0 Å². The summed E-state index contributed by atoms with van der Waals surface area (Å²) in [6.45, 7) is 1.54. The van der Waals surface area contributed by atoms with Crippen molar-refractivity contribution in [3.8, 4) is 17.0 Å². The summed E-state index contributed by atoms with van der Waals surface area (Å²) in [7, 11) is -3.23. The number of sulfone groups is 1. The van der Waals surface area contributed by atoms with Crippen LogP contribution in [-0.2, 0) is 16.0 Å². The van der Waals surface area contributed by atoms with Crippen molar-refractivity contribution in [1.82, 2.24) is 15.0 Å². The number of benzene rings is 1. The van der Waals surface area contributed by atoms with E-state index in [4.69, 9.17) is 4.52 Å². The Morgan fingerprint density at radius 3 is 2.58 bits per heavy atom. The molecule has 0 atom stereocenters. The normalized spacial score (nSPS) is 14.1. The molecule has 0 saturated heterocycles. The second-order valence-corrected chi connectivity index (χ2v) is 11.1. The maximum absolute atomic E-state index is 13.4. The molecule has 0 aliphatic heterocycles. The van der Waals surface area contributed by atoms with E-state index in [9.17, 15) is 31.2 Å². The topological polar surface area (TPSA) is 111 Å². The predicted octanol–water partition coefficient (Wildman–Crippen LogP) is 3.86. The summed E-state index contributed by atoms with van der Waals surface area (Å²) < 4.78 is 69.2. The fourth-order valence-corrected chi connectivity index (χ4v) is 4.54. The number of rotatable bonds is 8. The quantitative estimate of drug-likeness (QED) is 0.449. The van der Waals surface area contributed by atoms with Crippen molar-refractivity contribution in [2.75, 3.05) is 18.6 Å². The first kappa shape index (κ1) is 25.7. The second kappa shape index (κ2) is 9.57. The van der Waals surface area contributed by atoms with Crippen LogP contribution in [0.1, 0.15) is 52.5 Å². The van der Waals surface area contributed by atoms with Crippen LogP contribution in [0.4, 0.5) is 13.2 Å². The zero-order valence-electron chi connectivity index (χ0n) is 19.6. The van der Waals surface area contributed by atoms with E-state index in [2.05, 4.69) is 10.5 Å². The van der Waals surface area contributed by atoms with Crippen LogP contribution in [0.25, 0.3) is 17.0 Å². The number of pyridine rings is 1. The lowest BCUT2D eigenvalue weighted by atomic mass is 10.1. The summed E-state index contributed by atoms with van der Waals surface area (Å²) >= 11 is 0. The maximum Gasteiger partial charge on any atom is 0.416 e. The van der Waals surface area contributed by atoms with Gasteiger partial charge in [0.1, 0.15) is 15.4 Å². The van der Waals surface area contributed by atoms with E-state index in [1.54, 1.807) is 13.0 Å². The van der Waals surface area contributed by atoms with Gasteiger partial charge in [-0.25, -0.2) is 8.42 Å². The Labute approximate surface area is 205 Å². The van der Waals surface area contributed by atoms with Crippen molar-refractivity contribution in [2.45, 2.75) is 38.3 Å². The number of alkyl halides is 3. The molecule has 192 valence electrons. The highest BCUT2D eigenvalue weighted by atomic mass is 32.2. The minimum atomic E-state index is -4.63. The van der Waals surface area contributed by atoms with E-state index >= 15 is 0 Å². The molecule has 1 aliphatic rings. The van der Waals surface area contributed by atoms with Crippen molar-refractivity contribution in [3.05, 3.63) is 69.3 Å². The number of nitrogens with one attached hydrogen (secondary N) is 1. The Bertz CT molecular complexity index is 1470. The fraction of sp³-hybridized carbons (Fsp3) is 0.375. The van der Waals surface area contributed by atoms with Gasteiger partial charge in [0.2, 0.25) is 0 Å². The number of hydrogen-bond donors (Lipinski definition) is 1. The molecule has 3 aromatic rings. The third-order valence-electron chi connectivity index (χ3n) is 5.89. The van der Waals surface area contributed by atoms with Gasteiger partial charge in [0.15, 0.2) is 5.76 Å². The Kier molecular flexibility index (Phi) is 6.82. The van der Waals surface area contributed by atoms with E-state index in [0.717, 1.165) is 41.5 Å². The zero-order chi connectivity index (χ0) is 26.3. The van der Waals surface area contributed by atoms with Gasteiger partial charge < -0.3 is 9.84 Å². The van der Waals surface area contributed by atoms with Crippen molar-refractivity contribution in [2.24, 2.45) is 0 Å². The van der Waals surface area contributed by atoms with Gasteiger partial charge >= 0.3 is 6.18 Å². The lowest BCUT2D eigenvalue weighted by Gasteiger charge is -2.17. The molecule has 2 heterocycles. The van der Waals surface area contributed by atoms with Gasteiger partial charge in [0, 0.05) is 41.7 Å². The molecule has 1 saturated carbocycles. The molecule has 36 heavy (non-hydrogen) atoms. The summed E-state index contributed by atoms with van der Waals surface area (Å²) in [5.74, 6) is -0.378. The number of amides is 1. The van der Waals surface area contributed by atoms with Crippen LogP contribution in [0.2, 0.25) is 0 Å². The van der Waals surface area contributed by atoms with E-state index in [0.29, 0.717) is 5.56 Å². The van der Waals surface area contributed by atoms with Gasteiger partial charge in [-0.3, -0.25) is 14.2 Å². The van der Waals surface area contributed by atoms with Crippen LogP contribution in [0.15, 0.2) is 45.7 Å². The molecule has 1 fully saturated rings. The summed E-state index contributed by atoms with van der Waals surface area (Å²) in [5, 5.41) is 6.57. The van der Waals surface area contributed by atoms with E-state index < -0.39 is 33.0 Å². The maximum atomic E-state index is 13.4. The zero-order valence-corrected chi connectivity index (χ0v) is 20.4. The third-order valence-corrected chi connectivity index (χ3v) is 6.92. The Morgan fingerprint density at radius 2 is 1.94 bits per heavy atom. The molecule has 1 aliphatic carbocycles. The highest BCUT2D eigenvalue weighted by Gasteiger charge is 2.31. The summed E-state index contributed by atoms with van der Waals surface area (Å²) in [4.78, 5) is 26.3. The molecular weight excluding hydrogens is 499 g/mol. The van der Waals surface area contributed by atoms with Gasteiger partial charge in [-0.1, -0.05) is 11.2 Å². The third kappa shape index (κ3) is 5.69. The van der Waals surface area contributed by atoms with Gasteiger partial charge in [0.05, 0.1) is 17.0 Å². The first-order valence-electron chi connectivity index (χ1n) is 11.2. The van der Waals surface area contributed by atoms with E-state index in [1.807, 2.05) is 0 Å². The molecule has 1 N–H and O–H groups in total. The van der Waals surface area contributed by atoms with Crippen molar-refractivity contribution < 1.29 is 30.9 Å². The summed E-state index contributed by atoms with van der Waals surface area (Å²) in [6, 6.07) is 7.28. The van der Waals surface area contributed by atoms with Crippen molar-refractivity contribution >= 4 is 15.7 Å². The second-order valence-electron chi connectivity index (χ2n) is 8.88. The van der Waals surface area contributed by atoms with Crippen LogP contribution in [0, 0.1) is 6.92 Å². The van der Waals surface area contributed by atoms with Crippen LogP contribution in [-0.4, -0.2) is 42.6 Å². The highest BCUT2D eigenvalue weighted by molar-refractivity contribution is 7.90. The van der Waals surface area contributed by atoms with Crippen molar-refractivity contribution in [1.29, 1.82) is 0 Å². The number of aromatic nitrogens is 2. The fourth-order valence-electron chi connectivity index (χ4n) is 3.87. The Hall–Kier alpha value is -3.41. The molecule has 4 rings (SSSR count). The predicted molar refractivity (Wildman–Crippen MR) is 126 cm³/mol. The van der Waals surface area contributed by atoms with Crippen LogP contribution in [0.5, 0.6) is 0 Å². The van der Waals surface area contributed by atoms with E-state index in [1.165, 1.54) is 18.2 Å². The monoisotopic (exact) mass is 523 g/mol. The smallest absolute Gasteiger partial charge is 0.356 e. The van der Waals surface area contributed by atoms with Gasteiger partial charge in [-0.15, -0.1) is 0 Å². The standard InChI is InChI=1S/C24H24F3N3O5S/c1-14-18(21-13-20(29-35-21)15-7-8-15)12-19(22(31)28-9-4-10-36(2,33)34)23(32)30(14)17-6-3-5-16(11-17)24(25,26)27/h3,5-6,11-13,15H,4,7-10H2,1-2H3,(H,28,31). The molecule has 12 heteroatoms. The minimum absolute atomic E-state index is 0.00769. The Balaban J connectivity index is 1.79. The molecule has 1 amide bonds. The highest BCUT2D eigenvalue weighted by Crippen LogP contribution is 2.41. The molecule has 0 bridgehead atoms. The minimum Gasteiger partial charge on any atom is -0.356 e. The first-order valence-corrected chi connectivity index (χ1v) is 13.3. The average molecular weight is 524 g/mol. The molecule has 8 nitrogen and oxygen atoms in total. The van der Waals surface area contributed by atoms with Gasteiger partial charge in [-0.2, -0.15) is 13.2 Å². The van der Waals surface area contributed by atoms with Gasteiger partial charge in [-0.05, 0) is 50.5 Å². The molecular formula is C24H24F3N3O5S. The molecule has 0 unspecified atom stereocenters. The Morgan fingerprint density at radius 1 is 1.22 bits per heavy atom. The number of carbonyl (C=O) groups excluding carboxylic acids is 1. The average Bonchev–Trinajstić information content (AvgIpc) is 3.53. The first-order chi connectivity index (χ1) is 16.8. The van der Waals surface area contributed by atoms with E-state index in [-0.39, 0.29) is 47.3 Å². The van der Waals surface area contributed by atoms with Crippen LogP contribution >= 0.6 is 0 Å². The molecule has 0 spiro atoms. The molecule has 2 aromatic heterocycles. The molecule has 1 aromatic carbocycles. The lowest BCUT2D eigenvalue weighted by molar-refractivity contribution is -0.137. The molecule has 0 radical (unpaired) electrons. The number of carbonyl (C=O) groups is 1. The van der Waals surface area contributed by atoms with Gasteiger partial charge in [0.25, 0.3) is 11.5 Å².